The van der Waals surface area contributed by atoms with Crippen LogP contribution in [0.2, 0.25) is 0 Å². The second-order valence-corrected chi connectivity index (χ2v) is 5.98. The minimum Gasteiger partial charge on any atom is -0.508 e. The van der Waals surface area contributed by atoms with Crippen molar-refractivity contribution in [3.8, 4) is 5.75 Å². The number of aromatic hydroxyl groups is 1. The normalized spacial score (nSPS) is 17.3. The summed E-state index contributed by atoms with van der Waals surface area (Å²) in [6, 6.07) is 5.67. The maximum absolute atomic E-state index is 11.5. The number of hydrogen-bond acceptors (Lipinski definition) is 4. The van der Waals surface area contributed by atoms with Gasteiger partial charge in [0.25, 0.3) is 0 Å². The van der Waals surface area contributed by atoms with Crippen LogP contribution in [-0.2, 0) is 6.54 Å². The second-order valence-electron chi connectivity index (χ2n) is 5.98. The van der Waals surface area contributed by atoms with E-state index in [1.54, 1.807) is 19.1 Å². The van der Waals surface area contributed by atoms with Gasteiger partial charge in [-0.1, -0.05) is 6.92 Å². The fourth-order valence-corrected chi connectivity index (χ4v) is 3.01. The predicted molar refractivity (Wildman–Crippen MR) is 84.7 cm³/mol. The molecule has 1 N–H and O–H groups in total. The number of ketones is 1. The number of carbonyl (C=O) groups excluding carboxylic acids is 1. The molecule has 1 saturated heterocycles. The van der Waals surface area contributed by atoms with Crippen LogP contribution >= 0.6 is 0 Å². The lowest BCUT2D eigenvalue weighted by atomic mass is 10.0. The molecule has 0 atom stereocenters. The fraction of sp³-hybridized carbons (Fsp3) is 0.588. The Kier molecular flexibility index (Phi) is 5.37. The molecule has 2 rings (SSSR count). The van der Waals surface area contributed by atoms with E-state index in [2.05, 4.69) is 23.8 Å². The third kappa shape index (κ3) is 4.05. The molecule has 4 nitrogen and oxygen atoms in total. The molecular weight excluding hydrogens is 264 g/mol. The summed E-state index contributed by atoms with van der Waals surface area (Å²) in [6.07, 6.45) is 2.33. The van der Waals surface area contributed by atoms with E-state index in [1.165, 1.54) is 0 Å². The first-order chi connectivity index (χ1) is 10.0. The molecule has 0 aliphatic carbocycles. The molecule has 21 heavy (non-hydrogen) atoms. The van der Waals surface area contributed by atoms with Crippen molar-refractivity contribution in [2.45, 2.75) is 39.3 Å². The molecule has 1 fully saturated rings. The molecule has 1 aromatic rings. The summed E-state index contributed by atoms with van der Waals surface area (Å²) in [6.45, 7) is 7.85. The molecule has 1 aliphatic rings. The Morgan fingerprint density at radius 2 is 2.05 bits per heavy atom. The van der Waals surface area contributed by atoms with Gasteiger partial charge in [-0.05, 0) is 64.6 Å². The Bertz CT molecular complexity index is 494. The van der Waals surface area contributed by atoms with Crippen molar-refractivity contribution in [3.05, 3.63) is 29.3 Å². The van der Waals surface area contributed by atoms with Crippen LogP contribution in [-0.4, -0.2) is 53.4 Å². The molecular formula is C17H26N2O2. The summed E-state index contributed by atoms with van der Waals surface area (Å²) in [7, 11) is 2.10. The van der Waals surface area contributed by atoms with Gasteiger partial charge in [0.2, 0.25) is 0 Å². The van der Waals surface area contributed by atoms with Crippen LogP contribution in [0.4, 0.5) is 0 Å². The third-order valence-corrected chi connectivity index (χ3v) is 4.53. The number of likely N-dealkylation sites (tertiary alicyclic amines) is 1. The first kappa shape index (κ1) is 16.0. The first-order valence-electron chi connectivity index (χ1n) is 7.76. The zero-order valence-corrected chi connectivity index (χ0v) is 13.3. The summed E-state index contributed by atoms with van der Waals surface area (Å²) in [4.78, 5) is 16.2. The molecule has 0 bridgehead atoms. The van der Waals surface area contributed by atoms with Crippen molar-refractivity contribution in [3.63, 3.8) is 0 Å². The molecule has 1 aliphatic heterocycles. The van der Waals surface area contributed by atoms with Gasteiger partial charge in [0.05, 0.1) is 0 Å². The van der Waals surface area contributed by atoms with Gasteiger partial charge in [0.1, 0.15) is 5.75 Å². The van der Waals surface area contributed by atoms with Crippen LogP contribution in [0.3, 0.4) is 0 Å². The standard InChI is InChI=1S/C17H26N2O2/c1-4-19-9-7-16(8-10-19)18(3)12-15-11-14(13(2)20)5-6-17(15)21/h5-6,11,16,21H,4,7-10,12H2,1-3H3. The fourth-order valence-electron chi connectivity index (χ4n) is 3.01. The van der Waals surface area contributed by atoms with E-state index in [4.69, 9.17) is 0 Å². The molecule has 0 spiro atoms. The molecule has 1 heterocycles. The number of Topliss-reactive ketones (excluding diaryl/α,β-unsaturated/α-hetero) is 1. The monoisotopic (exact) mass is 290 g/mol. The molecule has 0 radical (unpaired) electrons. The quantitative estimate of drug-likeness (QED) is 0.846. The van der Waals surface area contributed by atoms with Crippen molar-refractivity contribution >= 4 is 5.78 Å². The van der Waals surface area contributed by atoms with Crippen LogP contribution in [0.5, 0.6) is 5.75 Å². The number of benzene rings is 1. The molecule has 116 valence electrons. The van der Waals surface area contributed by atoms with Crippen molar-refractivity contribution in [2.75, 3.05) is 26.7 Å². The van der Waals surface area contributed by atoms with Crippen molar-refractivity contribution in [1.82, 2.24) is 9.80 Å². The van der Waals surface area contributed by atoms with Crippen molar-refractivity contribution < 1.29 is 9.90 Å². The Morgan fingerprint density at radius 3 is 2.62 bits per heavy atom. The summed E-state index contributed by atoms with van der Waals surface area (Å²) < 4.78 is 0. The van der Waals surface area contributed by atoms with Gasteiger partial charge < -0.3 is 10.0 Å². The number of phenols is 1. The van der Waals surface area contributed by atoms with Gasteiger partial charge in [-0.3, -0.25) is 9.69 Å². The molecule has 4 heteroatoms. The summed E-state index contributed by atoms with van der Waals surface area (Å²) in [5.41, 5.74) is 1.50. The zero-order valence-electron chi connectivity index (χ0n) is 13.3. The topological polar surface area (TPSA) is 43.8 Å². The number of hydrogen-bond donors (Lipinski definition) is 1. The molecule has 0 unspecified atom stereocenters. The van der Waals surface area contributed by atoms with E-state index in [1.807, 2.05) is 6.07 Å². The number of nitrogens with zero attached hydrogens (tertiary/aromatic N) is 2. The lowest BCUT2D eigenvalue weighted by molar-refractivity contribution is 0.101. The first-order valence-corrected chi connectivity index (χ1v) is 7.76. The van der Waals surface area contributed by atoms with E-state index >= 15 is 0 Å². The van der Waals surface area contributed by atoms with E-state index in [-0.39, 0.29) is 11.5 Å². The predicted octanol–water partition coefficient (Wildman–Crippen LogP) is 2.51. The highest BCUT2D eigenvalue weighted by Gasteiger charge is 2.22. The number of rotatable bonds is 5. The Balaban J connectivity index is 2.01. The Hall–Kier alpha value is -1.39. The lowest BCUT2D eigenvalue weighted by Gasteiger charge is -2.36. The van der Waals surface area contributed by atoms with E-state index in [9.17, 15) is 9.90 Å². The molecule has 1 aromatic carbocycles. The highest BCUT2D eigenvalue weighted by molar-refractivity contribution is 5.94. The lowest BCUT2D eigenvalue weighted by Crippen LogP contribution is -2.42. The highest BCUT2D eigenvalue weighted by Crippen LogP contribution is 2.23. The van der Waals surface area contributed by atoms with Crippen LogP contribution in [0.15, 0.2) is 18.2 Å². The highest BCUT2D eigenvalue weighted by atomic mass is 16.3. The Morgan fingerprint density at radius 1 is 1.38 bits per heavy atom. The van der Waals surface area contributed by atoms with E-state index in [0.29, 0.717) is 18.2 Å². The van der Waals surface area contributed by atoms with Gasteiger partial charge in [0, 0.05) is 23.7 Å². The van der Waals surface area contributed by atoms with Gasteiger partial charge in [0.15, 0.2) is 5.78 Å². The largest absolute Gasteiger partial charge is 0.508 e. The number of phenolic OH excluding ortho intramolecular Hbond substituents is 1. The number of piperidine rings is 1. The van der Waals surface area contributed by atoms with Gasteiger partial charge >= 0.3 is 0 Å². The average molecular weight is 290 g/mol. The number of carbonyl (C=O) groups is 1. The SMILES string of the molecule is CCN1CCC(N(C)Cc2cc(C(C)=O)ccc2O)CC1. The smallest absolute Gasteiger partial charge is 0.159 e. The third-order valence-electron chi connectivity index (χ3n) is 4.53. The van der Waals surface area contributed by atoms with Crippen LogP contribution in [0.1, 0.15) is 42.6 Å². The maximum Gasteiger partial charge on any atom is 0.159 e. The summed E-state index contributed by atoms with van der Waals surface area (Å²) >= 11 is 0. The Labute approximate surface area is 127 Å². The minimum absolute atomic E-state index is 0.0372. The molecule has 0 aromatic heterocycles. The second kappa shape index (κ2) is 7.05. The molecule has 0 amide bonds. The summed E-state index contributed by atoms with van der Waals surface area (Å²) in [5, 5.41) is 10.00. The van der Waals surface area contributed by atoms with Gasteiger partial charge in [-0.2, -0.15) is 0 Å². The maximum atomic E-state index is 11.5. The average Bonchev–Trinajstić information content (AvgIpc) is 2.49. The van der Waals surface area contributed by atoms with Crippen LogP contribution < -0.4 is 0 Å². The minimum atomic E-state index is 0.0372. The molecule has 0 saturated carbocycles. The van der Waals surface area contributed by atoms with Crippen molar-refractivity contribution in [2.24, 2.45) is 0 Å². The summed E-state index contributed by atoms with van der Waals surface area (Å²) in [5.74, 6) is 0.313. The van der Waals surface area contributed by atoms with E-state index in [0.717, 1.165) is 38.0 Å². The van der Waals surface area contributed by atoms with Crippen molar-refractivity contribution in [1.29, 1.82) is 0 Å². The van der Waals surface area contributed by atoms with Crippen LogP contribution in [0.25, 0.3) is 0 Å². The van der Waals surface area contributed by atoms with Gasteiger partial charge in [-0.25, -0.2) is 0 Å². The van der Waals surface area contributed by atoms with Crippen LogP contribution in [0, 0.1) is 0 Å². The van der Waals surface area contributed by atoms with E-state index < -0.39 is 0 Å². The van der Waals surface area contributed by atoms with Gasteiger partial charge in [-0.15, -0.1) is 0 Å². The zero-order chi connectivity index (χ0) is 15.4.